The highest BCUT2D eigenvalue weighted by atomic mass is 16.6. The molecule has 9 heteroatoms. The molecule has 0 aromatic heterocycles. The minimum atomic E-state index is -1.14. The first-order valence-corrected chi connectivity index (χ1v) is 12.7. The standard InChI is InChI=1S/C29H40N4O5/c1-18(2)33(27(36)23(16-17-24(30)34)32-28(37)38-29(5,6)7)25(21-14-10-8-12-19(21)3)26(35)31-22-15-11-9-13-20(22)4/h8-15,18,23,25H,16-17H2,1-7H3,(H2,30,34)(H,31,35)(H,32,37). The highest BCUT2D eigenvalue weighted by Gasteiger charge is 2.38. The van der Waals surface area contributed by atoms with Gasteiger partial charge >= 0.3 is 6.09 Å². The van der Waals surface area contributed by atoms with E-state index in [9.17, 15) is 19.2 Å². The summed E-state index contributed by atoms with van der Waals surface area (Å²) in [6.45, 7) is 12.5. The molecule has 2 aromatic carbocycles. The van der Waals surface area contributed by atoms with Crippen molar-refractivity contribution in [3.05, 3.63) is 65.2 Å². The Balaban J connectivity index is 2.54. The van der Waals surface area contributed by atoms with Gasteiger partial charge in [0.15, 0.2) is 0 Å². The average molecular weight is 525 g/mol. The SMILES string of the molecule is Cc1ccccc1NC(=O)C(c1ccccc1C)N(C(=O)C(CCC(N)=O)NC(=O)OC(C)(C)C)C(C)C. The Morgan fingerprint density at radius 3 is 2.05 bits per heavy atom. The summed E-state index contributed by atoms with van der Waals surface area (Å²) in [7, 11) is 0. The molecule has 9 nitrogen and oxygen atoms in total. The molecule has 2 atom stereocenters. The van der Waals surface area contributed by atoms with Gasteiger partial charge in [-0.25, -0.2) is 4.79 Å². The fourth-order valence-electron chi connectivity index (χ4n) is 4.08. The van der Waals surface area contributed by atoms with Crippen LogP contribution in [0.3, 0.4) is 0 Å². The van der Waals surface area contributed by atoms with Crippen LogP contribution in [0.5, 0.6) is 0 Å². The Morgan fingerprint density at radius 2 is 1.53 bits per heavy atom. The van der Waals surface area contributed by atoms with E-state index in [1.54, 1.807) is 46.8 Å². The molecule has 0 bridgehead atoms. The van der Waals surface area contributed by atoms with Crippen LogP contribution in [0.25, 0.3) is 0 Å². The number of para-hydroxylation sites is 1. The lowest BCUT2D eigenvalue weighted by atomic mass is 9.96. The summed E-state index contributed by atoms with van der Waals surface area (Å²) in [6, 6.07) is 12.1. The zero-order chi connectivity index (χ0) is 28.6. The molecule has 0 aliphatic heterocycles. The summed E-state index contributed by atoms with van der Waals surface area (Å²) in [4.78, 5) is 53.6. The molecule has 206 valence electrons. The molecule has 0 radical (unpaired) electrons. The first-order valence-electron chi connectivity index (χ1n) is 12.7. The molecule has 2 aromatic rings. The van der Waals surface area contributed by atoms with Crippen LogP contribution in [0.2, 0.25) is 0 Å². The zero-order valence-corrected chi connectivity index (χ0v) is 23.3. The zero-order valence-electron chi connectivity index (χ0n) is 23.3. The highest BCUT2D eigenvalue weighted by molar-refractivity contribution is 5.99. The predicted molar refractivity (Wildman–Crippen MR) is 147 cm³/mol. The molecule has 2 rings (SSSR count). The number of ether oxygens (including phenoxy) is 1. The molecule has 4 amide bonds. The van der Waals surface area contributed by atoms with Crippen molar-refractivity contribution in [3.63, 3.8) is 0 Å². The molecular formula is C29H40N4O5. The maximum Gasteiger partial charge on any atom is 0.408 e. The number of hydrogen-bond donors (Lipinski definition) is 3. The molecule has 0 aliphatic rings. The minimum absolute atomic E-state index is 0.0451. The van der Waals surface area contributed by atoms with Gasteiger partial charge in [0.1, 0.15) is 17.7 Å². The van der Waals surface area contributed by atoms with Crippen molar-refractivity contribution < 1.29 is 23.9 Å². The van der Waals surface area contributed by atoms with Gasteiger partial charge in [-0.15, -0.1) is 0 Å². The summed E-state index contributed by atoms with van der Waals surface area (Å²) in [6.07, 6.45) is -0.986. The van der Waals surface area contributed by atoms with Gasteiger partial charge in [0, 0.05) is 18.2 Å². The monoisotopic (exact) mass is 524 g/mol. The number of nitrogens with one attached hydrogen (secondary N) is 2. The summed E-state index contributed by atoms with van der Waals surface area (Å²) in [5.74, 6) is -1.54. The number of nitrogens with two attached hydrogens (primary N) is 1. The van der Waals surface area contributed by atoms with Crippen molar-refractivity contribution in [2.45, 2.75) is 85.0 Å². The molecule has 0 spiro atoms. The van der Waals surface area contributed by atoms with Gasteiger partial charge in [0.05, 0.1) is 0 Å². The molecule has 0 saturated carbocycles. The van der Waals surface area contributed by atoms with Crippen LogP contribution in [0.15, 0.2) is 48.5 Å². The van der Waals surface area contributed by atoms with Crippen LogP contribution in [0.1, 0.15) is 70.2 Å². The summed E-state index contributed by atoms with van der Waals surface area (Å²) >= 11 is 0. The lowest BCUT2D eigenvalue weighted by Crippen LogP contribution is -2.54. The van der Waals surface area contributed by atoms with E-state index in [1.807, 2.05) is 50.2 Å². The summed E-state index contributed by atoms with van der Waals surface area (Å²) in [5.41, 5.74) is 7.53. The molecule has 0 heterocycles. The van der Waals surface area contributed by atoms with Crippen molar-refractivity contribution in [3.8, 4) is 0 Å². The first kappa shape index (κ1) is 30.3. The fraction of sp³-hybridized carbons (Fsp3) is 0.448. The number of anilines is 1. The highest BCUT2D eigenvalue weighted by Crippen LogP contribution is 2.29. The third-order valence-electron chi connectivity index (χ3n) is 5.89. The number of benzene rings is 2. The van der Waals surface area contributed by atoms with Gasteiger partial charge in [-0.2, -0.15) is 0 Å². The Labute approximate surface area is 225 Å². The van der Waals surface area contributed by atoms with E-state index in [4.69, 9.17) is 10.5 Å². The smallest absolute Gasteiger partial charge is 0.408 e. The molecule has 4 N–H and O–H groups in total. The first-order chi connectivity index (χ1) is 17.7. The summed E-state index contributed by atoms with van der Waals surface area (Å²) < 4.78 is 5.35. The van der Waals surface area contributed by atoms with Gasteiger partial charge in [0.2, 0.25) is 11.8 Å². The molecule has 2 unspecified atom stereocenters. The largest absolute Gasteiger partial charge is 0.444 e. The van der Waals surface area contributed by atoms with Crippen molar-refractivity contribution in [1.82, 2.24) is 10.2 Å². The second-order valence-corrected chi connectivity index (χ2v) is 10.6. The van der Waals surface area contributed by atoms with Crippen molar-refractivity contribution >= 4 is 29.5 Å². The molecule has 0 aliphatic carbocycles. The van der Waals surface area contributed by atoms with E-state index < -0.39 is 47.5 Å². The van der Waals surface area contributed by atoms with Crippen LogP contribution >= 0.6 is 0 Å². The molecule has 38 heavy (non-hydrogen) atoms. The molecular weight excluding hydrogens is 484 g/mol. The van der Waals surface area contributed by atoms with Crippen molar-refractivity contribution in [2.24, 2.45) is 5.73 Å². The molecule has 0 fully saturated rings. The van der Waals surface area contributed by atoms with E-state index in [0.29, 0.717) is 11.3 Å². The van der Waals surface area contributed by atoms with E-state index in [2.05, 4.69) is 10.6 Å². The topological polar surface area (TPSA) is 131 Å². The number of alkyl carbamates (subject to hydrolysis) is 1. The molecule has 0 saturated heterocycles. The fourth-order valence-corrected chi connectivity index (χ4v) is 4.08. The van der Waals surface area contributed by atoms with Crippen LogP contribution in [0, 0.1) is 13.8 Å². The number of hydrogen-bond acceptors (Lipinski definition) is 5. The van der Waals surface area contributed by atoms with Gasteiger partial charge in [0.25, 0.3) is 5.91 Å². The third-order valence-corrected chi connectivity index (χ3v) is 5.89. The Kier molecular flexibility index (Phi) is 10.4. The Morgan fingerprint density at radius 1 is 0.947 bits per heavy atom. The van der Waals surface area contributed by atoms with E-state index >= 15 is 0 Å². The van der Waals surface area contributed by atoms with E-state index in [-0.39, 0.29) is 12.8 Å². The van der Waals surface area contributed by atoms with Crippen molar-refractivity contribution in [1.29, 1.82) is 0 Å². The normalized spacial score (nSPS) is 12.8. The second kappa shape index (κ2) is 13.1. The lowest BCUT2D eigenvalue weighted by molar-refractivity contribution is -0.143. The van der Waals surface area contributed by atoms with Crippen molar-refractivity contribution in [2.75, 3.05) is 5.32 Å². The predicted octanol–water partition coefficient (Wildman–Crippen LogP) is 4.38. The van der Waals surface area contributed by atoms with Gasteiger partial charge in [-0.3, -0.25) is 14.4 Å². The Bertz CT molecular complexity index is 1160. The number of aryl methyl sites for hydroxylation is 2. The van der Waals surface area contributed by atoms with Crippen LogP contribution in [-0.2, 0) is 19.1 Å². The average Bonchev–Trinajstić information content (AvgIpc) is 2.80. The third kappa shape index (κ3) is 8.61. The van der Waals surface area contributed by atoms with Gasteiger partial charge in [-0.05, 0) is 77.6 Å². The van der Waals surface area contributed by atoms with Gasteiger partial charge in [-0.1, -0.05) is 42.5 Å². The Hall–Kier alpha value is -3.88. The van der Waals surface area contributed by atoms with Crippen LogP contribution < -0.4 is 16.4 Å². The van der Waals surface area contributed by atoms with E-state index in [0.717, 1.165) is 11.1 Å². The van der Waals surface area contributed by atoms with Crippen LogP contribution in [-0.4, -0.2) is 46.4 Å². The number of amides is 4. The van der Waals surface area contributed by atoms with E-state index in [1.165, 1.54) is 4.90 Å². The number of rotatable bonds is 10. The van der Waals surface area contributed by atoms with Gasteiger partial charge < -0.3 is 26.0 Å². The summed E-state index contributed by atoms with van der Waals surface area (Å²) in [5, 5.41) is 5.56. The maximum absolute atomic E-state index is 14.1. The van der Waals surface area contributed by atoms with Crippen LogP contribution in [0.4, 0.5) is 10.5 Å². The number of carbonyl (C=O) groups excluding carboxylic acids is 4. The maximum atomic E-state index is 14.1. The number of nitrogens with zero attached hydrogens (tertiary/aromatic N) is 1. The second-order valence-electron chi connectivity index (χ2n) is 10.6. The minimum Gasteiger partial charge on any atom is -0.444 e. The number of carbonyl (C=O) groups is 4. The number of primary amides is 1. The lowest BCUT2D eigenvalue weighted by Gasteiger charge is -2.37. The quantitative estimate of drug-likeness (QED) is 0.425.